The van der Waals surface area contributed by atoms with Gasteiger partial charge in [-0.05, 0) is 36.4 Å². The number of ether oxygens (including phenoxy) is 2. The number of rotatable bonds is 4. The molecule has 0 radical (unpaired) electrons. The van der Waals surface area contributed by atoms with E-state index in [1.54, 1.807) is 6.07 Å². The Bertz CT molecular complexity index is 1290. The van der Waals surface area contributed by atoms with E-state index in [2.05, 4.69) is 15.6 Å². The predicted molar refractivity (Wildman–Crippen MR) is 109 cm³/mol. The van der Waals surface area contributed by atoms with Gasteiger partial charge in [0.2, 0.25) is 0 Å². The fourth-order valence-corrected chi connectivity index (χ4v) is 3.96. The van der Waals surface area contributed by atoms with Gasteiger partial charge in [0, 0.05) is 29.5 Å². The number of anilines is 1. The number of nitrogens with zero attached hydrogens (tertiary/aromatic N) is 2. The molecule has 1 aliphatic heterocycles. The second kappa shape index (κ2) is 8.02. The average molecular weight is 452 g/mol. The Morgan fingerprint density at radius 3 is 2.61 bits per heavy atom. The zero-order valence-electron chi connectivity index (χ0n) is 16.8. The van der Waals surface area contributed by atoms with Crippen molar-refractivity contribution in [1.29, 1.82) is 5.26 Å². The molecular weight excluding hydrogens is 437 g/mol. The van der Waals surface area contributed by atoms with E-state index >= 15 is 0 Å². The van der Waals surface area contributed by atoms with Crippen molar-refractivity contribution in [3.63, 3.8) is 0 Å². The van der Waals surface area contributed by atoms with E-state index in [0.717, 1.165) is 18.2 Å². The molecule has 2 amide bonds. The van der Waals surface area contributed by atoms with Gasteiger partial charge in [0.25, 0.3) is 0 Å². The van der Waals surface area contributed by atoms with Gasteiger partial charge in [-0.25, -0.2) is 22.9 Å². The first-order valence-corrected chi connectivity index (χ1v) is 9.96. The summed E-state index contributed by atoms with van der Waals surface area (Å²) < 4.78 is 52.6. The normalized spacial score (nSPS) is 19.9. The molecule has 7 nitrogen and oxygen atoms in total. The fourth-order valence-electron chi connectivity index (χ4n) is 3.96. The largest absolute Gasteiger partial charge is 0.490 e. The molecule has 2 N–H and O–H groups in total. The molecule has 0 unspecified atom stereocenters. The molecule has 2 heterocycles. The highest BCUT2D eigenvalue weighted by Crippen LogP contribution is 2.55. The van der Waals surface area contributed by atoms with Crippen molar-refractivity contribution < 1.29 is 27.4 Å². The summed E-state index contributed by atoms with van der Waals surface area (Å²) in [6, 6.07) is 9.70. The Hall–Kier alpha value is -4.26. The Labute approximate surface area is 185 Å². The summed E-state index contributed by atoms with van der Waals surface area (Å²) in [5.74, 6) is -1.78. The number of carbonyl (C=O) groups excluding carboxylic acids is 1. The second-order valence-electron chi connectivity index (χ2n) is 7.63. The van der Waals surface area contributed by atoms with Crippen molar-refractivity contribution in [2.45, 2.75) is 12.0 Å². The van der Waals surface area contributed by atoms with Gasteiger partial charge in [-0.3, -0.25) is 5.32 Å². The number of aromatic nitrogens is 1. The number of hydrogen-bond donors (Lipinski definition) is 2. The van der Waals surface area contributed by atoms with E-state index in [4.69, 9.17) is 14.7 Å². The molecular formula is C23H15F3N4O3. The van der Waals surface area contributed by atoms with E-state index in [9.17, 15) is 18.0 Å². The molecule has 2 aliphatic rings. The minimum atomic E-state index is -0.700. The topological polar surface area (TPSA) is 96.3 Å². The molecule has 3 aromatic rings. The summed E-state index contributed by atoms with van der Waals surface area (Å²) in [5.41, 5.74) is 0.0554. The summed E-state index contributed by atoms with van der Waals surface area (Å²) in [5, 5.41) is 14.1. The molecule has 10 heteroatoms. The number of benzene rings is 2. The lowest BCUT2D eigenvalue weighted by atomic mass is 10.0. The smallest absolute Gasteiger partial charge is 0.320 e. The Morgan fingerprint density at radius 2 is 1.88 bits per heavy atom. The van der Waals surface area contributed by atoms with Gasteiger partial charge in [0.1, 0.15) is 35.0 Å². The fraction of sp³-hybridized carbons (Fsp3) is 0.174. The molecule has 0 bridgehead atoms. The third-order valence-corrected chi connectivity index (χ3v) is 5.59. The van der Waals surface area contributed by atoms with Crippen LogP contribution in [0.2, 0.25) is 0 Å². The van der Waals surface area contributed by atoms with E-state index in [-0.39, 0.29) is 46.9 Å². The van der Waals surface area contributed by atoms with Crippen molar-refractivity contribution in [2.75, 3.05) is 11.9 Å². The van der Waals surface area contributed by atoms with Crippen LogP contribution in [0, 0.1) is 34.7 Å². The van der Waals surface area contributed by atoms with Crippen LogP contribution >= 0.6 is 0 Å². The summed E-state index contributed by atoms with van der Waals surface area (Å²) >= 11 is 0. The van der Waals surface area contributed by atoms with E-state index in [0.29, 0.717) is 5.75 Å². The lowest BCUT2D eigenvalue weighted by Gasteiger charge is -2.16. The first-order chi connectivity index (χ1) is 15.9. The standard InChI is InChI=1S/C23H15F3N4O3/c24-15-4-5-16(25)22-20(15)19-14(10-32-22)21(19)30-23(31)29-18-6-3-13(9-28-18)33-12-2-1-11(8-27)17(26)7-12/h1-7,9,14,19,21H,10H2,(H2,28,29,30,31)/t14-,19-,21-/m1/s1. The molecule has 166 valence electrons. The van der Waals surface area contributed by atoms with Gasteiger partial charge in [0.05, 0.1) is 18.4 Å². The summed E-state index contributed by atoms with van der Waals surface area (Å²) in [7, 11) is 0. The zero-order valence-corrected chi connectivity index (χ0v) is 16.8. The Morgan fingerprint density at radius 1 is 1.09 bits per heavy atom. The zero-order chi connectivity index (χ0) is 23.1. The number of urea groups is 1. The van der Waals surface area contributed by atoms with E-state index in [1.165, 1.54) is 30.5 Å². The molecule has 1 aromatic heterocycles. The molecule has 3 atom stereocenters. The first-order valence-electron chi connectivity index (χ1n) is 9.96. The van der Waals surface area contributed by atoms with Crippen LogP contribution < -0.4 is 20.1 Å². The van der Waals surface area contributed by atoms with Crippen molar-refractivity contribution >= 4 is 11.8 Å². The molecule has 1 aliphatic carbocycles. The summed E-state index contributed by atoms with van der Waals surface area (Å²) in [6.45, 7) is 0.184. The lowest BCUT2D eigenvalue weighted by molar-refractivity contribution is 0.247. The minimum absolute atomic E-state index is 0.0931. The van der Waals surface area contributed by atoms with Crippen molar-refractivity contribution in [1.82, 2.24) is 10.3 Å². The van der Waals surface area contributed by atoms with Gasteiger partial charge in [0.15, 0.2) is 11.6 Å². The lowest BCUT2D eigenvalue weighted by Crippen LogP contribution is -2.32. The highest BCUT2D eigenvalue weighted by Gasteiger charge is 2.57. The average Bonchev–Trinajstić information content (AvgIpc) is 3.50. The maximum absolute atomic E-state index is 14.2. The molecule has 0 spiro atoms. The SMILES string of the molecule is N#Cc1ccc(Oc2ccc(NC(=O)N[C@@H]3[C@@H]4COc5c(F)ccc(F)c5[C@@H]43)nc2)cc1F. The molecule has 1 fully saturated rings. The Kier molecular flexibility index (Phi) is 5.01. The van der Waals surface area contributed by atoms with Gasteiger partial charge in [-0.2, -0.15) is 5.26 Å². The quantitative estimate of drug-likeness (QED) is 0.610. The van der Waals surface area contributed by atoms with Crippen LogP contribution in [0.15, 0.2) is 48.7 Å². The van der Waals surface area contributed by atoms with E-state index in [1.807, 2.05) is 0 Å². The summed E-state index contributed by atoms with van der Waals surface area (Å²) in [6.07, 6.45) is 1.34. The van der Waals surface area contributed by atoms with Gasteiger partial charge >= 0.3 is 6.03 Å². The van der Waals surface area contributed by atoms with Gasteiger partial charge in [-0.15, -0.1) is 0 Å². The highest BCUT2D eigenvalue weighted by atomic mass is 19.1. The maximum Gasteiger partial charge on any atom is 0.320 e. The molecule has 2 aromatic carbocycles. The maximum atomic E-state index is 14.2. The molecule has 33 heavy (non-hydrogen) atoms. The third-order valence-electron chi connectivity index (χ3n) is 5.59. The minimum Gasteiger partial charge on any atom is -0.490 e. The molecule has 1 saturated carbocycles. The van der Waals surface area contributed by atoms with Crippen LogP contribution in [0.1, 0.15) is 17.0 Å². The second-order valence-corrected chi connectivity index (χ2v) is 7.63. The Balaban J connectivity index is 1.20. The van der Waals surface area contributed by atoms with Crippen LogP contribution in [0.4, 0.5) is 23.8 Å². The van der Waals surface area contributed by atoms with Crippen molar-refractivity contribution in [3.8, 4) is 23.3 Å². The van der Waals surface area contributed by atoms with Gasteiger partial charge in [-0.1, -0.05) is 0 Å². The number of carbonyl (C=O) groups is 1. The number of fused-ring (bicyclic) bond motifs is 3. The number of amides is 2. The number of halogens is 3. The summed E-state index contributed by atoms with van der Waals surface area (Å²) in [4.78, 5) is 16.4. The van der Waals surface area contributed by atoms with Crippen LogP contribution in [0.5, 0.6) is 17.2 Å². The number of nitrogens with one attached hydrogen (secondary N) is 2. The third kappa shape index (κ3) is 3.89. The monoisotopic (exact) mass is 452 g/mol. The van der Waals surface area contributed by atoms with Crippen LogP contribution in [-0.4, -0.2) is 23.7 Å². The van der Waals surface area contributed by atoms with Crippen molar-refractivity contribution in [2.24, 2.45) is 5.92 Å². The van der Waals surface area contributed by atoms with Crippen molar-refractivity contribution in [3.05, 3.63) is 77.2 Å². The first kappa shape index (κ1) is 20.6. The van der Waals surface area contributed by atoms with Crippen LogP contribution in [0.3, 0.4) is 0 Å². The predicted octanol–water partition coefficient (Wildman–Crippen LogP) is 4.46. The number of nitriles is 1. The van der Waals surface area contributed by atoms with E-state index < -0.39 is 29.5 Å². The number of pyridine rings is 1. The molecule has 5 rings (SSSR count). The highest BCUT2D eigenvalue weighted by molar-refractivity contribution is 5.89. The number of hydrogen-bond acceptors (Lipinski definition) is 5. The van der Waals surface area contributed by atoms with Gasteiger partial charge < -0.3 is 14.8 Å². The molecule has 0 saturated heterocycles. The van der Waals surface area contributed by atoms with Crippen LogP contribution in [-0.2, 0) is 0 Å². The van der Waals surface area contributed by atoms with Crippen LogP contribution in [0.25, 0.3) is 0 Å².